The molecule has 3 aromatic rings. The lowest BCUT2D eigenvalue weighted by atomic mass is 9.86. The fourth-order valence-corrected chi connectivity index (χ4v) is 3.51. The normalized spacial score (nSPS) is 13.8. The van der Waals surface area contributed by atoms with Crippen LogP contribution in [0.5, 0.6) is 5.75 Å². The van der Waals surface area contributed by atoms with E-state index in [1.54, 1.807) is 7.11 Å². The highest BCUT2D eigenvalue weighted by molar-refractivity contribution is 5.99. The molecule has 2 heteroatoms. The van der Waals surface area contributed by atoms with Gasteiger partial charge in [-0.05, 0) is 54.7 Å². The summed E-state index contributed by atoms with van der Waals surface area (Å²) < 4.78 is 5.37. The molecule has 1 N–H and O–H groups in total. The van der Waals surface area contributed by atoms with Gasteiger partial charge >= 0.3 is 0 Å². The quantitative estimate of drug-likeness (QED) is 0.716. The molecule has 1 aliphatic rings. The molecule has 0 bridgehead atoms. The summed E-state index contributed by atoms with van der Waals surface area (Å²) in [7, 11) is 1.73. The SMILES string of the molecule is COc1ccc2c(c1)CCC=C2c1c(C)[nH]c2ccccc12. The molecule has 0 aliphatic heterocycles. The number of nitrogens with one attached hydrogen (secondary N) is 1. The molecule has 0 atom stereocenters. The molecule has 22 heavy (non-hydrogen) atoms. The lowest BCUT2D eigenvalue weighted by molar-refractivity contribution is 0.414. The van der Waals surface area contributed by atoms with Crippen LogP contribution in [0.1, 0.15) is 28.8 Å². The Hall–Kier alpha value is -2.48. The summed E-state index contributed by atoms with van der Waals surface area (Å²) in [5, 5.41) is 1.30. The average molecular weight is 289 g/mol. The van der Waals surface area contributed by atoms with Crippen molar-refractivity contribution in [1.82, 2.24) is 4.98 Å². The number of rotatable bonds is 2. The summed E-state index contributed by atoms with van der Waals surface area (Å²) in [6.07, 6.45) is 4.53. The number of aromatic amines is 1. The van der Waals surface area contributed by atoms with E-state index in [0.717, 1.165) is 18.6 Å². The Morgan fingerprint density at radius 3 is 2.82 bits per heavy atom. The van der Waals surface area contributed by atoms with E-state index >= 15 is 0 Å². The molecule has 1 aliphatic carbocycles. The average Bonchev–Trinajstić information content (AvgIpc) is 2.89. The van der Waals surface area contributed by atoms with Crippen LogP contribution in [0, 0.1) is 6.92 Å². The second kappa shape index (κ2) is 5.06. The summed E-state index contributed by atoms with van der Waals surface area (Å²) in [5.74, 6) is 0.940. The molecule has 110 valence electrons. The van der Waals surface area contributed by atoms with E-state index in [2.05, 4.69) is 60.4 Å². The predicted molar refractivity (Wildman–Crippen MR) is 91.4 cm³/mol. The number of para-hydroxylation sites is 1. The van der Waals surface area contributed by atoms with Gasteiger partial charge in [-0.15, -0.1) is 0 Å². The Balaban J connectivity index is 1.93. The van der Waals surface area contributed by atoms with Crippen LogP contribution in [-0.2, 0) is 6.42 Å². The van der Waals surface area contributed by atoms with Crippen LogP contribution in [0.25, 0.3) is 16.5 Å². The molecule has 0 amide bonds. The van der Waals surface area contributed by atoms with Crippen molar-refractivity contribution in [2.45, 2.75) is 19.8 Å². The third kappa shape index (κ3) is 1.95. The van der Waals surface area contributed by atoms with Gasteiger partial charge in [0.2, 0.25) is 0 Å². The van der Waals surface area contributed by atoms with Crippen LogP contribution in [-0.4, -0.2) is 12.1 Å². The topological polar surface area (TPSA) is 25.0 Å². The number of allylic oxidation sites excluding steroid dienone is 1. The van der Waals surface area contributed by atoms with Gasteiger partial charge < -0.3 is 9.72 Å². The summed E-state index contributed by atoms with van der Waals surface area (Å²) in [6.45, 7) is 2.16. The lowest BCUT2D eigenvalue weighted by Crippen LogP contribution is -2.02. The number of benzene rings is 2. The first-order chi connectivity index (χ1) is 10.8. The third-order valence-electron chi connectivity index (χ3n) is 4.53. The maximum Gasteiger partial charge on any atom is 0.119 e. The zero-order chi connectivity index (χ0) is 15.1. The van der Waals surface area contributed by atoms with Gasteiger partial charge in [-0.25, -0.2) is 0 Å². The first kappa shape index (κ1) is 13.2. The Morgan fingerprint density at radius 2 is 1.95 bits per heavy atom. The smallest absolute Gasteiger partial charge is 0.119 e. The summed E-state index contributed by atoms with van der Waals surface area (Å²) in [4.78, 5) is 3.51. The van der Waals surface area contributed by atoms with Crippen molar-refractivity contribution < 1.29 is 4.74 Å². The number of ether oxygens (including phenoxy) is 1. The fraction of sp³-hybridized carbons (Fsp3) is 0.200. The molecule has 2 nitrogen and oxygen atoms in total. The van der Waals surface area contributed by atoms with Crippen molar-refractivity contribution in [3.63, 3.8) is 0 Å². The van der Waals surface area contributed by atoms with Crippen LogP contribution in [0.4, 0.5) is 0 Å². The van der Waals surface area contributed by atoms with E-state index < -0.39 is 0 Å². The van der Waals surface area contributed by atoms with Crippen molar-refractivity contribution in [3.8, 4) is 5.75 Å². The minimum atomic E-state index is 0.940. The number of H-pyrrole nitrogens is 1. The van der Waals surface area contributed by atoms with Crippen LogP contribution in [0.15, 0.2) is 48.5 Å². The van der Waals surface area contributed by atoms with E-state index in [1.165, 1.54) is 38.9 Å². The van der Waals surface area contributed by atoms with E-state index in [-0.39, 0.29) is 0 Å². The first-order valence-electron chi connectivity index (χ1n) is 7.73. The minimum Gasteiger partial charge on any atom is -0.497 e. The number of hydrogen-bond acceptors (Lipinski definition) is 1. The van der Waals surface area contributed by atoms with Gasteiger partial charge in [-0.1, -0.05) is 30.3 Å². The largest absolute Gasteiger partial charge is 0.497 e. The van der Waals surface area contributed by atoms with Gasteiger partial charge in [0.05, 0.1) is 7.11 Å². The van der Waals surface area contributed by atoms with Gasteiger partial charge in [-0.2, -0.15) is 0 Å². The van der Waals surface area contributed by atoms with Crippen molar-refractivity contribution in [3.05, 3.63) is 70.9 Å². The number of fused-ring (bicyclic) bond motifs is 2. The zero-order valence-corrected chi connectivity index (χ0v) is 12.9. The Labute approximate surface area is 130 Å². The summed E-state index contributed by atoms with van der Waals surface area (Å²) in [6, 6.07) is 15.0. The molecular formula is C20H19NO. The maximum absolute atomic E-state index is 5.37. The van der Waals surface area contributed by atoms with Crippen LogP contribution < -0.4 is 4.74 Å². The Kier molecular flexibility index (Phi) is 3.04. The number of aromatic nitrogens is 1. The molecule has 0 spiro atoms. The highest BCUT2D eigenvalue weighted by Gasteiger charge is 2.19. The summed E-state index contributed by atoms with van der Waals surface area (Å²) in [5.41, 5.74) is 7.83. The fourth-order valence-electron chi connectivity index (χ4n) is 3.51. The molecular weight excluding hydrogens is 270 g/mol. The zero-order valence-electron chi connectivity index (χ0n) is 12.9. The van der Waals surface area contributed by atoms with Gasteiger partial charge in [-0.3, -0.25) is 0 Å². The molecule has 0 saturated carbocycles. The van der Waals surface area contributed by atoms with Crippen molar-refractivity contribution >= 4 is 16.5 Å². The summed E-state index contributed by atoms with van der Waals surface area (Å²) >= 11 is 0. The van der Waals surface area contributed by atoms with Crippen LogP contribution in [0.2, 0.25) is 0 Å². The molecule has 0 unspecified atom stereocenters. The molecule has 2 aromatic carbocycles. The molecule has 4 rings (SSSR count). The molecule has 0 radical (unpaired) electrons. The molecule has 0 fully saturated rings. The predicted octanol–water partition coefficient (Wildman–Crippen LogP) is 4.86. The maximum atomic E-state index is 5.37. The minimum absolute atomic E-state index is 0.940. The highest BCUT2D eigenvalue weighted by atomic mass is 16.5. The van der Waals surface area contributed by atoms with E-state index in [1.807, 2.05) is 0 Å². The Bertz CT molecular complexity index is 886. The number of methoxy groups -OCH3 is 1. The van der Waals surface area contributed by atoms with Crippen LogP contribution in [0.3, 0.4) is 0 Å². The lowest BCUT2D eigenvalue weighted by Gasteiger charge is -2.19. The van der Waals surface area contributed by atoms with Gasteiger partial charge in [0.15, 0.2) is 0 Å². The second-order valence-electron chi connectivity index (χ2n) is 5.85. The Morgan fingerprint density at radius 1 is 1.09 bits per heavy atom. The van der Waals surface area contributed by atoms with Gasteiger partial charge in [0, 0.05) is 22.2 Å². The van der Waals surface area contributed by atoms with Gasteiger partial charge in [0.1, 0.15) is 5.75 Å². The van der Waals surface area contributed by atoms with Crippen LogP contribution >= 0.6 is 0 Å². The molecule has 1 heterocycles. The standard InChI is InChI=1S/C20H19NO/c1-13-20(18-7-3-4-9-19(18)21-13)17-8-5-6-14-12-15(22-2)10-11-16(14)17/h3-4,7-12,21H,5-6H2,1-2H3. The highest BCUT2D eigenvalue weighted by Crippen LogP contribution is 2.38. The number of aryl methyl sites for hydroxylation is 2. The van der Waals surface area contributed by atoms with Crippen molar-refractivity contribution in [2.24, 2.45) is 0 Å². The molecule has 1 aromatic heterocycles. The third-order valence-corrected chi connectivity index (χ3v) is 4.53. The van der Waals surface area contributed by atoms with Crippen molar-refractivity contribution in [2.75, 3.05) is 7.11 Å². The van der Waals surface area contributed by atoms with E-state index in [4.69, 9.17) is 4.74 Å². The molecule has 0 saturated heterocycles. The second-order valence-corrected chi connectivity index (χ2v) is 5.85. The van der Waals surface area contributed by atoms with E-state index in [0.29, 0.717) is 0 Å². The number of hydrogen-bond donors (Lipinski definition) is 1. The van der Waals surface area contributed by atoms with E-state index in [9.17, 15) is 0 Å². The first-order valence-corrected chi connectivity index (χ1v) is 7.73. The van der Waals surface area contributed by atoms with Crippen molar-refractivity contribution in [1.29, 1.82) is 0 Å². The van der Waals surface area contributed by atoms with Gasteiger partial charge in [0.25, 0.3) is 0 Å². The monoisotopic (exact) mass is 289 g/mol.